The van der Waals surface area contributed by atoms with Gasteiger partial charge < -0.3 is 0 Å². The molecule has 1 aromatic carbocycles. The van der Waals surface area contributed by atoms with Crippen LogP contribution in [0, 0.1) is 12.7 Å². The summed E-state index contributed by atoms with van der Waals surface area (Å²) in [4.78, 5) is 0.549. The van der Waals surface area contributed by atoms with Gasteiger partial charge in [0.05, 0.1) is 0 Å². The van der Waals surface area contributed by atoms with Gasteiger partial charge in [-0.2, -0.15) is 0 Å². The highest BCUT2D eigenvalue weighted by molar-refractivity contribution is 7.80. The lowest BCUT2D eigenvalue weighted by Crippen LogP contribution is -1.82. The zero-order chi connectivity index (χ0) is 7.72. The summed E-state index contributed by atoms with van der Waals surface area (Å²) in [6, 6.07) is 2.95. The molecule has 0 aliphatic heterocycles. The van der Waals surface area contributed by atoms with E-state index in [4.69, 9.17) is 11.6 Å². The first-order valence-corrected chi connectivity index (χ1v) is 3.58. The summed E-state index contributed by atoms with van der Waals surface area (Å²) < 4.78 is 12.7. The molecule has 10 heavy (non-hydrogen) atoms. The molecule has 0 atom stereocenters. The van der Waals surface area contributed by atoms with Crippen molar-refractivity contribution in [2.24, 2.45) is 0 Å². The molecule has 54 valence electrons. The van der Waals surface area contributed by atoms with Gasteiger partial charge in [0.15, 0.2) is 0 Å². The molecule has 0 heterocycles. The minimum atomic E-state index is -0.308. The van der Waals surface area contributed by atoms with Gasteiger partial charge in [-0.05, 0) is 19.1 Å². The molecule has 0 saturated carbocycles. The van der Waals surface area contributed by atoms with Crippen molar-refractivity contribution in [3.05, 3.63) is 28.5 Å². The second kappa shape index (κ2) is 2.81. The smallest absolute Gasteiger partial charge is 0.128 e. The first-order valence-electron chi connectivity index (χ1n) is 2.76. The molecule has 0 N–H and O–H groups in total. The predicted molar refractivity (Wildman–Crippen MR) is 43.4 cm³/mol. The van der Waals surface area contributed by atoms with Gasteiger partial charge in [0.2, 0.25) is 0 Å². The Hall–Kier alpha value is -0.210. The van der Waals surface area contributed by atoms with Crippen LogP contribution in [-0.2, 0) is 0 Å². The summed E-state index contributed by atoms with van der Waals surface area (Å²) in [7, 11) is 0. The molecule has 0 aromatic heterocycles. The van der Waals surface area contributed by atoms with Gasteiger partial charge >= 0.3 is 0 Å². The monoisotopic (exact) mass is 176 g/mol. The molecular weight excluding hydrogens is 171 g/mol. The number of rotatable bonds is 0. The maximum Gasteiger partial charge on any atom is 0.128 e. The van der Waals surface area contributed by atoms with Gasteiger partial charge in [-0.25, -0.2) is 4.39 Å². The molecule has 0 radical (unpaired) electrons. The predicted octanol–water partition coefficient (Wildman–Crippen LogP) is 3.08. The topological polar surface area (TPSA) is 0 Å². The Bertz CT molecular complexity index is 237. The molecule has 0 aliphatic carbocycles. The molecule has 0 aliphatic rings. The third-order valence-corrected chi connectivity index (χ3v) is 1.92. The molecule has 0 amide bonds. The highest BCUT2D eigenvalue weighted by atomic mass is 35.5. The molecule has 0 bridgehead atoms. The molecule has 0 nitrogen and oxygen atoms in total. The summed E-state index contributed by atoms with van der Waals surface area (Å²) >= 11 is 9.58. The Morgan fingerprint density at radius 1 is 1.50 bits per heavy atom. The van der Waals surface area contributed by atoms with Gasteiger partial charge in [-0.1, -0.05) is 11.6 Å². The standard InChI is InChI=1S/C7H6ClFS/c1-4-6(8)2-5(10)3-7(4)9/h2-3,10H,1H3. The number of halogens is 2. The summed E-state index contributed by atoms with van der Waals surface area (Å²) in [5, 5.41) is 0.421. The minimum absolute atomic E-state index is 0.308. The first-order chi connectivity index (χ1) is 4.61. The SMILES string of the molecule is Cc1c(F)cc(S)cc1Cl. The van der Waals surface area contributed by atoms with E-state index in [0.717, 1.165) is 0 Å². The van der Waals surface area contributed by atoms with E-state index in [1.54, 1.807) is 13.0 Å². The van der Waals surface area contributed by atoms with Crippen LogP contribution in [0.3, 0.4) is 0 Å². The van der Waals surface area contributed by atoms with Crippen LogP contribution in [0.2, 0.25) is 5.02 Å². The van der Waals surface area contributed by atoms with Crippen LogP contribution in [0.5, 0.6) is 0 Å². The summed E-state index contributed by atoms with van der Waals surface area (Å²) in [6.07, 6.45) is 0. The van der Waals surface area contributed by atoms with Crippen molar-refractivity contribution in [2.75, 3.05) is 0 Å². The van der Waals surface area contributed by atoms with Crippen LogP contribution in [0.25, 0.3) is 0 Å². The van der Waals surface area contributed by atoms with Crippen LogP contribution in [0.15, 0.2) is 17.0 Å². The highest BCUT2D eigenvalue weighted by Gasteiger charge is 2.01. The number of benzene rings is 1. The van der Waals surface area contributed by atoms with E-state index in [-0.39, 0.29) is 5.82 Å². The van der Waals surface area contributed by atoms with E-state index >= 15 is 0 Å². The summed E-state index contributed by atoms with van der Waals surface area (Å²) in [6.45, 7) is 1.63. The first kappa shape index (κ1) is 7.89. The third-order valence-electron chi connectivity index (χ3n) is 1.27. The largest absolute Gasteiger partial charge is 0.207 e. The maximum atomic E-state index is 12.7. The van der Waals surface area contributed by atoms with E-state index in [9.17, 15) is 4.39 Å². The molecular formula is C7H6ClFS. The molecule has 1 rings (SSSR count). The fraction of sp³-hybridized carbons (Fsp3) is 0.143. The molecule has 0 spiro atoms. The van der Waals surface area contributed by atoms with Crippen LogP contribution in [0.4, 0.5) is 4.39 Å². The zero-order valence-corrected chi connectivity index (χ0v) is 7.01. The van der Waals surface area contributed by atoms with Crippen molar-refractivity contribution < 1.29 is 4.39 Å². The fourth-order valence-electron chi connectivity index (χ4n) is 0.632. The van der Waals surface area contributed by atoms with Gasteiger partial charge in [0, 0.05) is 15.5 Å². The summed E-state index contributed by atoms with van der Waals surface area (Å²) in [5.74, 6) is -0.308. The maximum absolute atomic E-state index is 12.7. The average molecular weight is 177 g/mol. The van der Waals surface area contributed by atoms with E-state index in [1.807, 2.05) is 0 Å². The quantitative estimate of drug-likeness (QED) is 0.577. The van der Waals surface area contributed by atoms with Crippen molar-refractivity contribution in [2.45, 2.75) is 11.8 Å². The van der Waals surface area contributed by atoms with Gasteiger partial charge in [-0.15, -0.1) is 12.6 Å². The Labute approximate surface area is 69.4 Å². The van der Waals surface area contributed by atoms with E-state index in [1.165, 1.54) is 6.07 Å². The third kappa shape index (κ3) is 1.44. The lowest BCUT2D eigenvalue weighted by Gasteiger charge is -1.99. The average Bonchev–Trinajstić information content (AvgIpc) is 1.82. The van der Waals surface area contributed by atoms with Crippen molar-refractivity contribution in [3.63, 3.8) is 0 Å². The molecule has 0 saturated heterocycles. The Kier molecular flexibility index (Phi) is 2.21. The van der Waals surface area contributed by atoms with Crippen molar-refractivity contribution >= 4 is 24.2 Å². The zero-order valence-electron chi connectivity index (χ0n) is 5.36. The lowest BCUT2D eigenvalue weighted by atomic mass is 10.2. The molecule has 0 fully saturated rings. The minimum Gasteiger partial charge on any atom is -0.207 e. The number of hydrogen-bond acceptors (Lipinski definition) is 1. The number of hydrogen-bond donors (Lipinski definition) is 1. The second-order valence-electron chi connectivity index (χ2n) is 2.03. The van der Waals surface area contributed by atoms with Crippen molar-refractivity contribution in [3.8, 4) is 0 Å². The van der Waals surface area contributed by atoms with E-state index < -0.39 is 0 Å². The van der Waals surface area contributed by atoms with Crippen LogP contribution < -0.4 is 0 Å². The van der Waals surface area contributed by atoms with Crippen LogP contribution in [0.1, 0.15) is 5.56 Å². The van der Waals surface area contributed by atoms with Crippen LogP contribution >= 0.6 is 24.2 Å². The lowest BCUT2D eigenvalue weighted by molar-refractivity contribution is 0.615. The van der Waals surface area contributed by atoms with Gasteiger partial charge in [0.25, 0.3) is 0 Å². The second-order valence-corrected chi connectivity index (χ2v) is 2.96. The number of thiol groups is 1. The van der Waals surface area contributed by atoms with Gasteiger partial charge in [-0.3, -0.25) is 0 Å². The summed E-state index contributed by atoms with van der Waals surface area (Å²) in [5.41, 5.74) is 0.472. The fourth-order valence-corrected chi connectivity index (χ4v) is 1.16. The van der Waals surface area contributed by atoms with Crippen molar-refractivity contribution in [1.29, 1.82) is 0 Å². The van der Waals surface area contributed by atoms with Gasteiger partial charge in [0.1, 0.15) is 5.82 Å². The molecule has 1 aromatic rings. The molecule has 0 unspecified atom stereocenters. The Morgan fingerprint density at radius 2 is 2.10 bits per heavy atom. The van der Waals surface area contributed by atoms with Crippen molar-refractivity contribution in [1.82, 2.24) is 0 Å². The molecule has 3 heteroatoms. The normalized spacial score (nSPS) is 10.0. The Morgan fingerprint density at radius 3 is 2.60 bits per heavy atom. The van der Waals surface area contributed by atoms with Crippen LogP contribution in [-0.4, -0.2) is 0 Å². The van der Waals surface area contributed by atoms with E-state index in [2.05, 4.69) is 12.6 Å². The highest BCUT2D eigenvalue weighted by Crippen LogP contribution is 2.21. The van der Waals surface area contributed by atoms with E-state index in [0.29, 0.717) is 15.5 Å². The Balaban J connectivity index is 3.31.